The molecule has 0 aromatic rings. The lowest BCUT2D eigenvalue weighted by molar-refractivity contribution is 0.706. The van der Waals surface area contributed by atoms with Gasteiger partial charge in [0.15, 0.2) is 0 Å². The topological polar surface area (TPSA) is 24.1 Å². The van der Waals surface area contributed by atoms with Crippen molar-refractivity contribution in [2.24, 2.45) is 0 Å². The molecule has 0 bridgehead atoms. The monoisotopic (exact) mass is 148 g/mol. The van der Waals surface area contributed by atoms with E-state index in [4.69, 9.17) is 0 Å². The van der Waals surface area contributed by atoms with E-state index in [0.29, 0.717) is 4.95 Å². The quantitative estimate of drug-likeness (QED) is 0.383. The van der Waals surface area contributed by atoms with Crippen molar-refractivity contribution in [2.75, 3.05) is 0 Å². The van der Waals surface area contributed by atoms with E-state index in [2.05, 4.69) is 26.8 Å². The van der Waals surface area contributed by atoms with E-state index in [0.717, 1.165) is 0 Å². The molecule has 6 heavy (non-hydrogen) atoms. The zero-order valence-corrected chi connectivity index (χ0v) is 4.70. The average Bonchev–Trinajstić information content (AvgIpc) is 1.86. The van der Waals surface area contributed by atoms with Crippen LogP contribution < -0.4 is 10.9 Å². The number of rotatable bonds is 0. The fraction of sp³-hybridized carbons (Fsp3) is 0.333. The first kappa shape index (κ1) is 4.15. The van der Waals surface area contributed by atoms with E-state index >= 15 is 0 Å². The maximum absolute atomic E-state index is 3.28. The van der Waals surface area contributed by atoms with Crippen LogP contribution in [0.1, 0.15) is 0 Å². The fourth-order valence-corrected chi connectivity index (χ4v) is 0.593. The molecule has 34 valence electrons. The Hall–Kier alpha value is -0.0200. The summed E-state index contributed by atoms with van der Waals surface area (Å²) in [5.41, 5.74) is 5.67. The van der Waals surface area contributed by atoms with Gasteiger partial charge in [0.2, 0.25) is 0 Å². The van der Waals surface area contributed by atoms with E-state index < -0.39 is 0 Å². The Morgan fingerprint density at radius 2 is 2.50 bits per heavy atom. The highest BCUT2D eigenvalue weighted by Crippen LogP contribution is 1.96. The number of hydrogen-bond acceptors (Lipinski definition) is 2. The van der Waals surface area contributed by atoms with E-state index in [1.165, 1.54) is 0 Å². The zero-order valence-electron chi connectivity index (χ0n) is 3.11. The first-order valence-corrected chi connectivity index (χ1v) is 2.63. The zero-order chi connectivity index (χ0) is 4.41. The molecule has 1 rings (SSSR count). The van der Waals surface area contributed by atoms with Crippen molar-refractivity contribution in [1.82, 2.24) is 10.9 Å². The van der Waals surface area contributed by atoms with Gasteiger partial charge in [-0.15, -0.1) is 0 Å². The second-order valence-electron chi connectivity index (χ2n) is 1.05. The van der Waals surface area contributed by atoms with Crippen molar-refractivity contribution in [3.05, 3.63) is 12.3 Å². The highest BCUT2D eigenvalue weighted by molar-refractivity contribution is 9.09. The number of nitrogens with one attached hydrogen (secondary N) is 2. The largest absolute Gasteiger partial charge is 0.328 e. The second-order valence-corrected chi connectivity index (χ2v) is 2.04. The van der Waals surface area contributed by atoms with Crippen LogP contribution in [0.4, 0.5) is 0 Å². The molecule has 0 fully saturated rings. The molecule has 0 spiro atoms. The molecule has 2 N–H and O–H groups in total. The highest BCUT2D eigenvalue weighted by atomic mass is 79.9. The van der Waals surface area contributed by atoms with Gasteiger partial charge in [0.25, 0.3) is 0 Å². The molecular formula is C3H5BrN2. The molecule has 1 aliphatic heterocycles. The van der Waals surface area contributed by atoms with E-state index in [1.807, 2.05) is 12.3 Å². The Bertz CT molecular complexity index is 71.2. The Kier molecular flexibility index (Phi) is 1.12. The molecular weight excluding hydrogens is 144 g/mol. The second kappa shape index (κ2) is 1.62. The molecule has 1 unspecified atom stereocenters. The summed E-state index contributed by atoms with van der Waals surface area (Å²) in [5.74, 6) is 0. The Morgan fingerprint density at radius 3 is 2.67 bits per heavy atom. The summed E-state index contributed by atoms with van der Waals surface area (Å²) < 4.78 is 0. The van der Waals surface area contributed by atoms with Gasteiger partial charge in [0.05, 0.1) is 0 Å². The molecule has 2 nitrogen and oxygen atoms in total. The van der Waals surface area contributed by atoms with Crippen molar-refractivity contribution in [3.63, 3.8) is 0 Å². The minimum atomic E-state index is 0.317. The van der Waals surface area contributed by atoms with Crippen LogP contribution in [0, 0.1) is 0 Å². The van der Waals surface area contributed by atoms with Crippen LogP contribution in [0.15, 0.2) is 12.3 Å². The third-order valence-electron chi connectivity index (χ3n) is 0.570. The van der Waals surface area contributed by atoms with Crippen molar-refractivity contribution in [1.29, 1.82) is 0 Å². The van der Waals surface area contributed by atoms with Gasteiger partial charge in [-0.1, -0.05) is 15.9 Å². The molecule has 1 heterocycles. The molecule has 0 aromatic heterocycles. The van der Waals surface area contributed by atoms with Crippen LogP contribution in [0.2, 0.25) is 0 Å². The minimum Gasteiger partial charge on any atom is -0.328 e. The van der Waals surface area contributed by atoms with Crippen LogP contribution in [0.3, 0.4) is 0 Å². The summed E-state index contributed by atoms with van der Waals surface area (Å²) in [6.45, 7) is 0. The number of hydrogen-bond donors (Lipinski definition) is 2. The fourth-order valence-electron chi connectivity index (χ4n) is 0.308. The molecule has 3 heteroatoms. The minimum absolute atomic E-state index is 0.317. The Morgan fingerprint density at radius 1 is 1.67 bits per heavy atom. The van der Waals surface area contributed by atoms with E-state index in [-0.39, 0.29) is 0 Å². The van der Waals surface area contributed by atoms with Crippen molar-refractivity contribution >= 4 is 15.9 Å². The predicted octanol–water partition coefficient (Wildman–Crippen LogP) is 0.329. The molecule has 0 amide bonds. The van der Waals surface area contributed by atoms with Gasteiger partial charge in [0, 0.05) is 6.20 Å². The first-order valence-electron chi connectivity index (χ1n) is 1.71. The summed E-state index contributed by atoms with van der Waals surface area (Å²) in [4.78, 5) is 0.317. The SMILES string of the molecule is BrC1C=CNN1. The first-order chi connectivity index (χ1) is 2.89. The van der Waals surface area contributed by atoms with Crippen molar-refractivity contribution in [3.8, 4) is 0 Å². The maximum Gasteiger partial charge on any atom is 0.101 e. The van der Waals surface area contributed by atoms with Gasteiger partial charge in [-0.2, -0.15) is 0 Å². The lowest BCUT2D eigenvalue weighted by Gasteiger charge is -1.93. The molecule has 0 radical (unpaired) electrons. The highest BCUT2D eigenvalue weighted by Gasteiger charge is 1.97. The summed E-state index contributed by atoms with van der Waals surface area (Å²) in [7, 11) is 0. The van der Waals surface area contributed by atoms with Gasteiger partial charge in [-0.25, -0.2) is 5.43 Å². The smallest absolute Gasteiger partial charge is 0.101 e. The third kappa shape index (κ3) is 0.725. The van der Waals surface area contributed by atoms with Crippen LogP contribution in [-0.4, -0.2) is 4.95 Å². The lowest BCUT2D eigenvalue weighted by Crippen LogP contribution is -2.25. The van der Waals surface area contributed by atoms with Gasteiger partial charge < -0.3 is 5.43 Å². The van der Waals surface area contributed by atoms with Crippen LogP contribution in [-0.2, 0) is 0 Å². The standard InChI is InChI=1S/C3H5BrN2/c4-3-1-2-5-6-3/h1-3,5-6H. The van der Waals surface area contributed by atoms with Gasteiger partial charge in [-0.3, -0.25) is 0 Å². The van der Waals surface area contributed by atoms with Gasteiger partial charge in [0.1, 0.15) is 4.95 Å². The van der Waals surface area contributed by atoms with E-state index in [9.17, 15) is 0 Å². The van der Waals surface area contributed by atoms with Gasteiger partial charge in [-0.05, 0) is 6.08 Å². The number of halogens is 1. The predicted molar refractivity (Wildman–Crippen MR) is 28.1 cm³/mol. The number of alkyl halides is 1. The molecule has 1 atom stereocenters. The Labute approximate surface area is 44.7 Å². The lowest BCUT2D eigenvalue weighted by atomic mass is 10.7. The Balaban J connectivity index is 2.38. The van der Waals surface area contributed by atoms with Crippen molar-refractivity contribution in [2.45, 2.75) is 4.95 Å². The van der Waals surface area contributed by atoms with Crippen molar-refractivity contribution < 1.29 is 0 Å². The van der Waals surface area contributed by atoms with Crippen LogP contribution in [0.25, 0.3) is 0 Å². The summed E-state index contributed by atoms with van der Waals surface area (Å²) in [6, 6.07) is 0. The molecule has 1 aliphatic rings. The van der Waals surface area contributed by atoms with E-state index in [1.54, 1.807) is 0 Å². The molecule has 0 saturated carbocycles. The normalized spacial score (nSPS) is 30.5. The summed E-state index contributed by atoms with van der Waals surface area (Å²) in [5, 5.41) is 0. The molecule has 0 aliphatic carbocycles. The number of hydrazine groups is 1. The van der Waals surface area contributed by atoms with Crippen LogP contribution in [0.5, 0.6) is 0 Å². The molecule has 0 saturated heterocycles. The third-order valence-corrected chi connectivity index (χ3v) is 1.10. The summed E-state index contributed by atoms with van der Waals surface area (Å²) >= 11 is 3.28. The summed E-state index contributed by atoms with van der Waals surface area (Å²) in [6.07, 6.45) is 3.82. The van der Waals surface area contributed by atoms with Crippen LogP contribution >= 0.6 is 15.9 Å². The molecule has 0 aromatic carbocycles. The van der Waals surface area contributed by atoms with Gasteiger partial charge >= 0.3 is 0 Å². The average molecular weight is 149 g/mol. The maximum atomic E-state index is 3.28.